The van der Waals surface area contributed by atoms with Crippen LogP contribution < -0.4 is 0 Å². The Labute approximate surface area is 144 Å². The van der Waals surface area contributed by atoms with Crippen molar-refractivity contribution < 1.29 is 4.39 Å². The third-order valence-electron chi connectivity index (χ3n) is 3.36. The predicted octanol–water partition coefficient (Wildman–Crippen LogP) is 6.88. The Morgan fingerprint density at radius 3 is 2.38 bits per heavy atom. The minimum absolute atomic E-state index is 0.0574. The Morgan fingerprint density at radius 1 is 0.952 bits per heavy atom. The van der Waals surface area contributed by atoms with Crippen molar-refractivity contribution in [3.8, 4) is 0 Å². The molecule has 0 fully saturated rings. The molecule has 0 nitrogen and oxygen atoms in total. The molecule has 0 heterocycles. The number of hydrogen-bond donors (Lipinski definition) is 0. The average Bonchev–Trinajstić information content (AvgIpc) is 2.46. The summed E-state index contributed by atoms with van der Waals surface area (Å²) < 4.78 is 14.8. The van der Waals surface area contributed by atoms with E-state index in [-0.39, 0.29) is 10.6 Å². The van der Waals surface area contributed by atoms with Crippen LogP contribution in [-0.4, -0.2) is 0 Å². The quantitative estimate of drug-likeness (QED) is 0.390. The predicted molar refractivity (Wildman–Crippen MR) is 93.8 cm³/mol. The highest BCUT2D eigenvalue weighted by atomic mass is 79.9. The summed E-state index contributed by atoms with van der Waals surface area (Å²) >= 11 is 13.3. The van der Waals surface area contributed by atoms with Gasteiger partial charge in [0.25, 0.3) is 0 Å². The van der Waals surface area contributed by atoms with E-state index >= 15 is 0 Å². The summed E-state index contributed by atoms with van der Waals surface area (Å²) in [4.78, 5) is -0.0574. The first-order valence-electron chi connectivity index (χ1n) is 6.33. The smallest absolute Gasteiger partial charge is 0.131 e. The number of hydrogen-bond acceptors (Lipinski definition) is 0. The molecule has 0 aliphatic rings. The summed E-state index contributed by atoms with van der Waals surface area (Å²) in [5.41, 5.74) is 2.03. The molecule has 0 saturated carbocycles. The SMILES string of the molecule is Fc1ccc(C(Br)c2cc(Cl)cc(Br)c2)c2ccccc12. The molecule has 0 radical (unpaired) electrons. The van der Waals surface area contributed by atoms with Crippen molar-refractivity contribution in [2.24, 2.45) is 0 Å². The van der Waals surface area contributed by atoms with Crippen molar-refractivity contribution in [3.63, 3.8) is 0 Å². The highest BCUT2D eigenvalue weighted by molar-refractivity contribution is 9.10. The van der Waals surface area contributed by atoms with Crippen molar-refractivity contribution in [2.75, 3.05) is 0 Å². The van der Waals surface area contributed by atoms with Gasteiger partial charge in [-0.15, -0.1) is 0 Å². The molecule has 4 heteroatoms. The van der Waals surface area contributed by atoms with E-state index in [0.29, 0.717) is 10.4 Å². The van der Waals surface area contributed by atoms with Gasteiger partial charge in [-0.05, 0) is 40.8 Å². The summed E-state index contributed by atoms with van der Waals surface area (Å²) in [5, 5.41) is 2.19. The maximum absolute atomic E-state index is 13.9. The zero-order valence-corrected chi connectivity index (χ0v) is 14.7. The van der Waals surface area contributed by atoms with Crippen LogP contribution >= 0.6 is 43.5 Å². The number of fused-ring (bicyclic) bond motifs is 1. The van der Waals surface area contributed by atoms with E-state index in [2.05, 4.69) is 31.9 Å². The number of halogens is 4. The van der Waals surface area contributed by atoms with Crippen LogP contribution in [0.2, 0.25) is 5.02 Å². The highest BCUT2D eigenvalue weighted by Gasteiger charge is 2.16. The molecule has 3 rings (SSSR count). The fourth-order valence-corrected chi connectivity index (χ4v) is 3.96. The van der Waals surface area contributed by atoms with Crippen LogP contribution in [-0.2, 0) is 0 Å². The molecule has 3 aromatic carbocycles. The van der Waals surface area contributed by atoms with E-state index in [4.69, 9.17) is 11.6 Å². The molecular weight excluding hydrogens is 418 g/mol. The minimum Gasteiger partial charge on any atom is -0.206 e. The van der Waals surface area contributed by atoms with Crippen molar-refractivity contribution in [1.82, 2.24) is 0 Å². The summed E-state index contributed by atoms with van der Waals surface area (Å²) in [6.45, 7) is 0. The Kier molecular flexibility index (Phi) is 4.34. The van der Waals surface area contributed by atoms with Crippen LogP contribution in [0, 0.1) is 5.82 Å². The van der Waals surface area contributed by atoms with Crippen molar-refractivity contribution in [1.29, 1.82) is 0 Å². The monoisotopic (exact) mass is 426 g/mol. The number of benzene rings is 3. The van der Waals surface area contributed by atoms with Crippen LogP contribution in [0.3, 0.4) is 0 Å². The van der Waals surface area contributed by atoms with Crippen LogP contribution in [0.15, 0.2) is 59.1 Å². The van der Waals surface area contributed by atoms with Crippen LogP contribution in [0.25, 0.3) is 10.8 Å². The lowest BCUT2D eigenvalue weighted by molar-refractivity contribution is 0.639. The van der Waals surface area contributed by atoms with Gasteiger partial charge in [-0.25, -0.2) is 4.39 Å². The Morgan fingerprint density at radius 2 is 1.67 bits per heavy atom. The van der Waals surface area contributed by atoms with E-state index in [0.717, 1.165) is 21.0 Å². The third-order valence-corrected chi connectivity index (χ3v) is 5.05. The van der Waals surface area contributed by atoms with Gasteiger partial charge in [0.15, 0.2) is 0 Å². The van der Waals surface area contributed by atoms with Gasteiger partial charge >= 0.3 is 0 Å². The second kappa shape index (κ2) is 6.07. The van der Waals surface area contributed by atoms with Gasteiger partial charge in [-0.3, -0.25) is 0 Å². The lowest BCUT2D eigenvalue weighted by Crippen LogP contribution is -1.95. The van der Waals surface area contributed by atoms with Gasteiger partial charge in [-0.1, -0.05) is 73.8 Å². The molecule has 0 aromatic heterocycles. The molecule has 0 saturated heterocycles. The standard InChI is InChI=1S/C17H10Br2ClF/c18-11-7-10(8-12(20)9-11)17(19)15-5-6-16(21)14-4-2-1-3-13(14)15/h1-9,17H. The molecule has 0 N–H and O–H groups in total. The lowest BCUT2D eigenvalue weighted by atomic mass is 9.98. The maximum Gasteiger partial charge on any atom is 0.131 e. The Hall–Kier alpha value is -0.900. The molecule has 1 unspecified atom stereocenters. The highest BCUT2D eigenvalue weighted by Crippen LogP contribution is 2.38. The lowest BCUT2D eigenvalue weighted by Gasteiger charge is -2.15. The van der Waals surface area contributed by atoms with Crippen molar-refractivity contribution >= 4 is 54.2 Å². The van der Waals surface area contributed by atoms with E-state index in [1.54, 1.807) is 6.07 Å². The molecule has 0 bridgehead atoms. The van der Waals surface area contributed by atoms with Crippen LogP contribution in [0.5, 0.6) is 0 Å². The zero-order valence-electron chi connectivity index (χ0n) is 10.8. The van der Waals surface area contributed by atoms with Crippen molar-refractivity contribution in [3.05, 3.63) is 81.0 Å². The summed E-state index contributed by atoms with van der Waals surface area (Å²) in [7, 11) is 0. The van der Waals surface area contributed by atoms with Crippen molar-refractivity contribution in [2.45, 2.75) is 4.83 Å². The van der Waals surface area contributed by atoms with Gasteiger partial charge < -0.3 is 0 Å². The molecule has 0 spiro atoms. The molecule has 21 heavy (non-hydrogen) atoms. The van der Waals surface area contributed by atoms with E-state index < -0.39 is 0 Å². The molecule has 0 aliphatic heterocycles. The fourth-order valence-electron chi connectivity index (χ4n) is 2.41. The van der Waals surface area contributed by atoms with E-state index in [1.165, 1.54) is 6.07 Å². The average molecular weight is 429 g/mol. The van der Waals surface area contributed by atoms with E-state index in [9.17, 15) is 4.39 Å². The number of alkyl halides is 1. The maximum atomic E-state index is 13.9. The molecule has 106 valence electrons. The molecule has 0 aliphatic carbocycles. The van der Waals surface area contributed by atoms with Gasteiger partial charge in [0.1, 0.15) is 5.82 Å². The van der Waals surface area contributed by atoms with Gasteiger partial charge in [0.2, 0.25) is 0 Å². The first kappa shape index (κ1) is 15.0. The summed E-state index contributed by atoms with van der Waals surface area (Å²) in [6, 6.07) is 16.6. The normalized spacial score (nSPS) is 12.6. The molecular formula is C17H10Br2ClF. The summed E-state index contributed by atoms with van der Waals surface area (Å²) in [6.07, 6.45) is 0. The fraction of sp³-hybridized carbons (Fsp3) is 0.0588. The van der Waals surface area contributed by atoms with E-state index in [1.807, 2.05) is 42.5 Å². The van der Waals surface area contributed by atoms with Crippen LogP contribution in [0.1, 0.15) is 16.0 Å². The minimum atomic E-state index is -0.207. The largest absolute Gasteiger partial charge is 0.206 e. The zero-order chi connectivity index (χ0) is 15.0. The summed E-state index contributed by atoms with van der Waals surface area (Å²) in [5.74, 6) is -0.207. The molecule has 0 amide bonds. The second-order valence-electron chi connectivity index (χ2n) is 4.75. The van der Waals surface area contributed by atoms with Gasteiger partial charge in [0, 0.05) is 14.9 Å². The Bertz CT molecular complexity index is 797. The first-order valence-corrected chi connectivity index (χ1v) is 8.42. The van der Waals surface area contributed by atoms with Gasteiger partial charge in [0.05, 0.1) is 4.83 Å². The Balaban J connectivity index is 2.18. The molecule has 1 atom stereocenters. The molecule has 3 aromatic rings. The number of rotatable bonds is 2. The van der Waals surface area contributed by atoms with Gasteiger partial charge in [-0.2, -0.15) is 0 Å². The first-order chi connectivity index (χ1) is 10.1. The van der Waals surface area contributed by atoms with Crippen LogP contribution in [0.4, 0.5) is 4.39 Å². The third kappa shape index (κ3) is 3.01. The topological polar surface area (TPSA) is 0 Å². The second-order valence-corrected chi connectivity index (χ2v) is 7.02.